The second-order valence-electron chi connectivity index (χ2n) is 3.73. The Bertz CT molecular complexity index is 222. The Morgan fingerprint density at radius 3 is 2.50 bits per heavy atom. The van der Waals surface area contributed by atoms with Crippen molar-refractivity contribution >= 4 is 7.82 Å². The van der Waals surface area contributed by atoms with Gasteiger partial charge in [0, 0.05) is 0 Å². The zero-order chi connectivity index (χ0) is 10.7. The highest BCUT2D eigenvalue weighted by Crippen LogP contribution is 2.35. The van der Waals surface area contributed by atoms with Crippen molar-refractivity contribution in [3.05, 3.63) is 0 Å². The Balaban J connectivity index is 2.25. The van der Waals surface area contributed by atoms with E-state index in [1.807, 2.05) is 7.05 Å². The lowest BCUT2D eigenvalue weighted by Crippen LogP contribution is -2.53. The second kappa shape index (κ2) is 4.70. The van der Waals surface area contributed by atoms with Crippen molar-refractivity contribution in [2.24, 2.45) is 0 Å². The zero-order valence-corrected chi connectivity index (χ0v) is 9.15. The maximum atomic E-state index is 10.4. The molecule has 14 heavy (non-hydrogen) atoms. The molecule has 7 heteroatoms. The van der Waals surface area contributed by atoms with Gasteiger partial charge in [-0.25, -0.2) is 4.57 Å². The number of rotatable bonds is 4. The van der Waals surface area contributed by atoms with E-state index in [4.69, 9.17) is 14.5 Å². The summed E-state index contributed by atoms with van der Waals surface area (Å²) in [5.74, 6) is 0. The Labute approximate surface area is 83.3 Å². The lowest BCUT2D eigenvalue weighted by Gasteiger charge is -2.37. The molecule has 0 bridgehead atoms. The van der Waals surface area contributed by atoms with Crippen LogP contribution in [0.25, 0.3) is 0 Å². The molecular formula is C7H17NO5P+. The van der Waals surface area contributed by atoms with E-state index >= 15 is 0 Å². The van der Waals surface area contributed by atoms with E-state index in [-0.39, 0.29) is 6.61 Å². The van der Waals surface area contributed by atoms with Crippen molar-refractivity contribution in [3.63, 3.8) is 0 Å². The highest BCUT2D eigenvalue weighted by Gasteiger charge is 2.26. The van der Waals surface area contributed by atoms with E-state index in [0.717, 1.165) is 17.6 Å². The van der Waals surface area contributed by atoms with Gasteiger partial charge < -0.3 is 19.0 Å². The van der Waals surface area contributed by atoms with E-state index < -0.39 is 7.82 Å². The van der Waals surface area contributed by atoms with E-state index in [0.29, 0.717) is 19.8 Å². The molecule has 0 aromatic carbocycles. The lowest BCUT2D eigenvalue weighted by molar-refractivity contribution is -0.916. The molecule has 6 nitrogen and oxygen atoms in total. The maximum absolute atomic E-state index is 10.4. The molecule has 0 amide bonds. The van der Waals surface area contributed by atoms with Gasteiger partial charge in [-0.2, -0.15) is 0 Å². The van der Waals surface area contributed by atoms with Crippen molar-refractivity contribution in [2.75, 3.05) is 46.5 Å². The molecule has 0 radical (unpaired) electrons. The molecule has 1 heterocycles. The Morgan fingerprint density at radius 2 is 2.00 bits per heavy atom. The average molecular weight is 226 g/mol. The molecule has 2 N–H and O–H groups in total. The normalized spacial score (nSPS) is 22.2. The van der Waals surface area contributed by atoms with Gasteiger partial charge in [0.2, 0.25) is 0 Å². The van der Waals surface area contributed by atoms with Gasteiger partial charge in [-0.15, -0.1) is 0 Å². The molecule has 0 atom stereocenters. The summed E-state index contributed by atoms with van der Waals surface area (Å²) in [4.78, 5) is 17.0. The topological polar surface area (TPSA) is 76.0 Å². The summed E-state index contributed by atoms with van der Waals surface area (Å²) in [6, 6.07) is 0. The van der Waals surface area contributed by atoms with Crippen LogP contribution < -0.4 is 0 Å². The zero-order valence-electron chi connectivity index (χ0n) is 8.26. The monoisotopic (exact) mass is 226 g/mol. The first-order valence-corrected chi connectivity index (χ1v) is 6.06. The van der Waals surface area contributed by atoms with E-state index in [9.17, 15) is 4.57 Å². The molecule has 1 aliphatic heterocycles. The number of nitrogens with zero attached hydrogens (tertiary/aromatic N) is 1. The Morgan fingerprint density at radius 1 is 1.43 bits per heavy atom. The molecule has 1 aliphatic rings. The van der Waals surface area contributed by atoms with Crippen molar-refractivity contribution in [1.29, 1.82) is 0 Å². The van der Waals surface area contributed by atoms with Crippen LogP contribution in [0.1, 0.15) is 0 Å². The summed E-state index contributed by atoms with van der Waals surface area (Å²) >= 11 is 0. The number of morpholine rings is 1. The summed E-state index contributed by atoms with van der Waals surface area (Å²) < 4.78 is 20.8. The van der Waals surface area contributed by atoms with Crippen LogP contribution in [0.2, 0.25) is 0 Å². The first-order chi connectivity index (χ1) is 6.41. The van der Waals surface area contributed by atoms with Crippen molar-refractivity contribution in [2.45, 2.75) is 0 Å². The van der Waals surface area contributed by atoms with Crippen LogP contribution in [0.3, 0.4) is 0 Å². The number of phosphoric acid groups is 1. The molecule has 0 spiro atoms. The molecule has 0 saturated carbocycles. The third-order valence-electron chi connectivity index (χ3n) is 2.44. The molecule has 0 unspecified atom stereocenters. The van der Waals surface area contributed by atoms with Crippen LogP contribution in [0.4, 0.5) is 0 Å². The van der Waals surface area contributed by atoms with E-state index in [2.05, 4.69) is 4.52 Å². The van der Waals surface area contributed by atoms with Crippen LogP contribution in [0.5, 0.6) is 0 Å². The third-order valence-corrected chi connectivity index (χ3v) is 2.96. The van der Waals surface area contributed by atoms with Crippen LogP contribution in [-0.4, -0.2) is 60.8 Å². The fourth-order valence-electron chi connectivity index (χ4n) is 1.39. The first-order valence-electron chi connectivity index (χ1n) is 4.53. The summed E-state index contributed by atoms with van der Waals surface area (Å²) in [7, 11) is -2.27. The fourth-order valence-corrected chi connectivity index (χ4v) is 1.71. The predicted octanol–water partition coefficient (Wildman–Crippen LogP) is -0.428. The van der Waals surface area contributed by atoms with Crippen molar-refractivity contribution in [3.8, 4) is 0 Å². The quantitative estimate of drug-likeness (QED) is 0.502. The molecule has 1 fully saturated rings. The largest absolute Gasteiger partial charge is 0.469 e. The minimum atomic E-state index is -4.30. The van der Waals surface area contributed by atoms with Crippen molar-refractivity contribution < 1.29 is 28.1 Å². The standard InChI is InChI=1S/C7H16NO5P/c1-8(2-5-12-6-3-8)4-7-13-14(9,10)11/h2-7H2,1H3,(H-,9,10,11)/p+1. The van der Waals surface area contributed by atoms with Gasteiger partial charge in [-0.05, 0) is 0 Å². The van der Waals surface area contributed by atoms with Gasteiger partial charge in [0.05, 0.1) is 20.3 Å². The molecular weight excluding hydrogens is 209 g/mol. The van der Waals surface area contributed by atoms with Crippen LogP contribution >= 0.6 is 7.82 Å². The van der Waals surface area contributed by atoms with Gasteiger partial charge in [-0.3, -0.25) is 4.52 Å². The summed E-state index contributed by atoms with van der Waals surface area (Å²) in [5.41, 5.74) is 0. The highest BCUT2D eigenvalue weighted by molar-refractivity contribution is 7.46. The van der Waals surface area contributed by atoms with Gasteiger partial charge in [-0.1, -0.05) is 0 Å². The first kappa shape index (κ1) is 12.1. The summed E-state index contributed by atoms with van der Waals surface area (Å²) in [6.45, 7) is 3.82. The molecule has 1 saturated heterocycles. The van der Waals surface area contributed by atoms with E-state index in [1.54, 1.807) is 0 Å². The van der Waals surface area contributed by atoms with Gasteiger partial charge in [0.1, 0.15) is 26.2 Å². The molecule has 1 rings (SSSR count). The van der Waals surface area contributed by atoms with Crippen molar-refractivity contribution in [1.82, 2.24) is 0 Å². The summed E-state index contributed by atoms with van der Waals surface area (Å²) in [5, 5.41) is 0. The lowest BCUT2D eigenvalue weighted by atomic mass is 10.3. The highest BCUT2D eigenvalue weighted by atomic mass is 31.2. The molecule has 0 aromatic heterocycles. The minimum Gasteiger partial charge on any atom is -0.370 e. The predicted molar refractivity (Wildman–Crippen MR) is 49.6 cm³/mol. The van der Waals surface area contributed by atoms with Gasteiger partial charge in [0.25, 0.3) is 0 Å². The number of hydrogen-bond donors (Lipinski definition) is 2. The second-order valence-corrected chi connectivity index (χ2v) is 4.97. The number of hydrogen-bond acceptors (Lipinski definition) is 3. The average Bonchev–Trinajstić information content (AvgIpc) is 2.02. The molecule has 0 aromatic rings. The number of phosphoric ester groups is 1. The fraction of sp³-hybridized carbons (Fsp3) is 1.00. The summed E-state index contributed by atoms with van der Waals surface area (Å²) in [6.07, 6.45) is 0. The molecule has 84 valence electrons. The SMILES string of the molecule is C[N+]1(CCOP(=O)(O)O)CCOCC1. The maximum Gasteiger partial charge on any atom is 0.469 e. The Hall–Kier alpha value is 0.0300. The number of ether oxygens (including phenoxy) is 1. The van der Waals surface area contributed by atoms with E-state index in [1.165, 1.54) is 0 Å². The molecule has 0 aliphatic carbocycles. The van der Waals surface area contributed by atoms with Gasteiger partial charge in [0.15, 0.2) is 0 Å². The van der Waals surface area contributed by atoms with Gasteiger partial charge >= 0.3 is 7.82 Å². The van der Waals surface area contributed by atoms with Crippen LogP contribution in [0, 0.1) is 0 Å². The number of likely N-dealkylation sites (N-methyl/N-ethyl adjacent to an activating group) is 1. The third kappa shape index (κ3) is 4.50. The minimum absolute atomic E-state index is 0.0841. The number of quaternary nitrogens is 1. The van der Waals surface area contributed by atoms with Crippen LogP contribution in [0.15, 0.2) is 0 Å². The Kier molecular flexibility index (Phi) is 4.06. The smallest absolute Gasteiger partial charge is 0.370 e. The van der Waals surface area contributed by atoms with Crippen LogP contribution in [-0.2, 0) is 13.8 Å².